The van der Waals surface area contributed by atoms with Crippen LogP contribution in [0.1, 0.15) is 50.0 Å². The first-order valence-corrected chi connectivity index (χ1v) is 11.9. The van der Waals surface area contributed by atoms with Gasteiger partial charge in [-0.2, -0.15) is 5.10 Å². The third-order valence-corrected chi connectivity index (χ3v) is 5.25. The summed E-state index contributed by atoms with van der Waals surface area (Å²) in [4.78, 5) is 37.1. The third kappa shape index (κ3) is 9.22. The second kappa shape index (κ2) is 13.7. The van der Waals surface area contributed by atoms with Crippen molar-refractivity contribution in [3.63, 3.8) is 0 Å². The fourth-order valence-electron chi connectivity index (χ4n) is 2.97. The second-order valence-corrected chi connectivity index (χ2v) is 8.95. The lowest BCUT2D eigenvalue weighted by atomic mass is 10.0. The van der Waals surface area contributed by atoms with Crippen molar-refractivity contribution >= 4 is 47.2 Å². The second-order valence-electron chi connectivity index (χ2n) is 8.10. The molecule has 0 unspecified atom stereocenters. The quantitative estimate of drug-likeness (QED) is 0.255. The molecule has 0 bridgehead atoms. The van der Waals surface area contributed by atoms with Gasteiger partial charge in [0.05, 0.1) is 23.4 Å². The predicted octanol–water partition coefficient (Wildman–Crippen LogP) is 4.62. The molecule has 0 heterocycles. The zero-order chi connectivity index (χ0) is 26.0. The van der Waals surface area contributed by atoms with E-state index >= 15 is 0 Å². The molecule has 2 aromatic carbocycles. The number of rotatable bonds is 11. The van der Waals surface area contributed by atoms with Crippen LogP contribution in [-0.2, 0) is 14.3 Å². The highest BCUT2D eigenvalue weighted by atomic mass is 35.5. The summed E-state index contributed by atoms with van der Waals surface area (Å²) in [5, 5.41) is 7.40. The Balaban J connectivity index is 1.98. The minimum atomic E-state index is -0.905. The smallest absolute Gasteiger partial charge is 0.338 e. The number of amides is 2. The van der Waals surface area contributed by atoms with Crippen LogP contribution in [0.2, 0.25) is 10.0 Å². The van der Waals surface area contributed by atoms with E-state index in [4.69, 9.17) is 32.7 Å². The topological polar surface area (TPSA) is 106 Å². The van der Waals surface area contributed by atoms with Crippen molar-refractivity contribution in [1.29, 1.82) is 0 Å². The summed E-state index contributed by atoms with van der Waals surface area (Å²) in [6.07, 6.45) is 0.933. The molecule has 0 saturated heterocycles. The van der Waals surface area contributed by atoms with Crippen LogP contribution < -0.4 is 15.5 Å². The molecule has 2 amide bonds. The lowest BCUT2D eigenvalue weighted by Gasteiger charge is -2.22. The lowest BCUT2D eigenvalue weighted by molar-refractivity contribution is -0.132. The zero-order valence-electron chi connectivity index (χ0n) is 20.0. The van der Waals surface area contributed by atoms with E-state index in [2.05, 4.69) is 15.8 Å². The summed E-state index contributed by atoms with van der Waals surface area (Å²) in [5.41, 5.74) is 3.54. The molecular weight excluding hydrogens is 493 g/mol. The summed E-state index contributed by atoms with van der Waals surface area (Å²) < 4.78 is 10.6. The Morgan fingerprint density at radius 2 is 1.71 bits per heavy atom. The average molecular weight is 522 g/mol. The van der Waals surface area contributed by atoms with Crippen molar-refractivity contribution < 1.29 is 23.9 Å². The molecule has 10 heteroatoms. The molecule has 0 aliphatic carbocycles. The molecule has 0 aliphatic rings. The largest absolute Gasteiger partial charge is 0.479 e. The van der Waals surface area contributed by atoms with Crippen molar-refractivity contribution in [2.75, 3.05) is 6.61 Å². The van der Waals surface area contributed by atoms with Gasteiger partial charge in [0.15, 0.2) is 6.10 Å². The zero-order valence-corrected chi connectivity index (χ0v) is 21.5. The standard InChI is InChI=1S/C25H29Cl2N3O5/c1-5-34-25(33)18-8-6-17(7-9-18)14-28-30-24(32)21(12-15(2)3)29-23(31)16(4)35-22-11-10-19(26)13-20(22)27/h6-11,13-16,21H,5,12H2,1-4H3,(H,29,31)(H,30,32)/b28-14-/t16-,21+/m0/s1. The maximum absolute atomic E-state index is 12.7. The number of hydrazone groups is 1. The number of carbonyl (C=O) groups excluding carboxylic acids is 3. The number of nitrogens with one attached hydrogen (secondary N) is 2. The minimum absolute atomic E-state index is 0.132. The summed E-state index contributed by atoms with van der Waals surface area (Å²) in [5.74, 6) is -0.916. The summed E-state index contributed by atoms with van der Waals surface area (Å²) in [6.45, 7) is 7.46. The highest BCUT2D eigenvalue weighted by Gasteiger charge is 2.25. The fourth-order valence-corrected chi connectivity index (χ4v) is 3.43. The van der Waals surface area contributed by atoms with Gasteiger partial charge >= 0.3 is 5.97 Å². The van der Waals surface area contributed by atoms with Gasteiger partial charge in [0.1, 0.15) is 11.8 Å². The molecule has 35 heavy (non-hydrogen) atoms. The van der Waals surface area contributed by atoms with E-state index in [9.17, 15) is 14.4 Å². The number of halogens is 2. The third-order valence-electron chi connectivity index (χ3n) is 4.72. The van der Waals surface area contributed by atoms with Crippen LogP contribution in [0.5, 0.6) is 5.75 Å². The number of esters is 1. The van der Waals surface area contributed by atoms with Crippen molar-refractivity contribution in [3.8, 4) is 5.75 Å². The molecule has 2 rings (SSSR count). The molecule has 2 aromatic rings. The van der Waals surface area contributed by atoms with Crippen molar-refractivity contribution in [2.45, 2.75) is 46.3 Å². The van der Waals surface area contributed by atoms with E-state index in [1.165, 1.54) is 12.3 Å². The molecule has 0 spiro atoms. The molecule has 0 fully saturated rings. The monoisotopic (exact) mass is 521 g/mol. The van der Waals surface area contributed by atoms with Gasteiger partial charge in [-0.3, -0.25) is 9.59 Å². The van der Waals surface area contributed by atoms with E-state index in [0.29, 0.717) is 34.9 Å². The van der Waals surface area contributed by atoms with Gasteiger partial charge in [0.25, 0.3) is 11.8 Å². The van der Waals surface area contributed by atoms with Gasteiger partial charge in [-0.15, -0.1) is 0 Å². The van der Waals surface area contributed by atoms with Gasteiger partial charge < -0.3 is 14.8 Å². The fraction of sp³-hybridized carbons (Fsp3) is 0.360. The van der Waals surface area contributed by atoms with Crippen LogP contribution in [-0.4, -0.2) is 42.8 Å². The Hall–Kier alpha value is -3.10. The van der Waals surface area contributed by atoms with Gasteiger partial charge in [-0.05, 0) is 62.1 Å². The number of nitrogens with zero attached hydrogens (tertiary/aromatic N) is 1. The van der Waals surface area contributed by atoms with Gasteiger partial charge in [0.2, 0.25) is 0 Å². The molecule has 2 N–H and O–H groups in total. The van der Waals surface area contributed by atoms with E-state index in [1.807, 2.05) is 13.8 Å². The molecule has 2 atom stereocenters. The molecule has 8 nitrogen and oxygen atoms in total. The SMILES string of the molecule is CCOC(=O)c1ccc(/C=N\NC(=O)[C@@H](CC(C)C)NC(=O)[C@H](C)Oc2ccc(Cl)cc2Cl)cc1. The highest BCUT2D eigenvalue weighted by molar-refractivity contribution is 6.35. The number of hydrogen-bond donors (Lipinski definition) is 2. The molecule has 0 aliphatic heterocycles. The van der Waals surface area contributed by atoms with E-state index in [0.717, 1.165) is 0 Å². The van der Waals surface area contributed by atoms with E-state index < -0.39 is 29.9 Å². The Morgan fingerprint density at radius 1 is 1.03 bits per heavy atom. The first kappa shape index (κ1) is 28.1. The van der Waals surface area contributed by atoms with Crippen molar-refractivity contribution in [1.82, 2.24) is 10.7 Å². The van der Waals surface area contributed by atoms with Crippen LogP contribution in [0.4, 0.5) is 0 Å². The van der Waals surface area contributed by atoms with Gasteiger partial charge in [0, 0.05) is 5.02 Å². The van der Waals surface area contributed by atoms with Crippen LogP contribution >= 0.6 is 23.2 Å². The number of hydrogen-bond acceptors (Lipinski definition) is 6. The Morgan fingerprint density at radius 3 is 2.31 bits per heavy atom. The number of ether oxygens (including phenoxy) is 2. The molecular formula is C25H29Cl2N3O5. The van der Waals surface area contributed by atoms with Crippen LogP contribution in [0, 0.1) is 5.92 Å². The Kier molecular flexibility index (Phi) is 11.0. The number of benzene rings is 2. The average Bonchev–Trinajstić information content (AvgIpc) is 2.80. The highest BCUT2D eigenvalue weighted by Crippen LogP contribution is 2.28. The molecule has 0 aromatic heterocycles. The summed E-state index contributed by atoms with van der Waals surface area (Å²) in [7, 11) is 0. The lowest BCUT2D eigenvalue weighted by Crippen LogP contribution is -2.49. The minimum Gasteiger partial charge on any atom is -0.479 e. The predicted molar refractivity (Wildman–Crippen MR) is 136 cm³/mol. The van der Waals surface area contributed by atoms with Gasteiger partial charge in [-0.1, -0.05) is 49.2 Å². The maximum Gasteiger partial charge on any atom is 0.338 e. The number of carbonyl (C=O) groups is 3. The molecule has 188 valence electrons. The Bertz CT molecular complexity index is 1060. The van der Waals surface area contributed by atoms with Crippen LogP contribution in [0.15, 0.2) is 47.6 Å². The van der Waals surface area contributed by atoms with Crippen LogP contribution in [0.25, 0.3) is 0 Å². The Labute approximate surface area is 215 Å². The molecule has 0 radical (unpaired) electrons. The maximum atomic E-state index is 12.7. The van der Waals surface area contributed by atoms with Gasteiger partial charge in [-0.25, -0.2) is 10.2 Å². The summed E-state index contributed by atoms with van der Waals surface area (Å²) >= 11 is 12.0. The van der Waals surface area contributed by atoms with E-state index in [1.54, 1.807) is 50.2 Å². The van der Waals surface area contributed by atoms with Crippen molar-refractivity contribution in [3.05, 3.63) is 63.6 Å². The normalized spacial score (nSPS) is 12.8. The van der Waals surface area contributed by atoms with Crippen molar-refractivity contribution in [2.24, 2.45) is 11.0 Å². The van der Waals surface area contributed by atoms with Crippen LogP contribution in [0.3, 0.4) is 0 Å². The van der Waals surface area contributed by atoms with E-state index in [-0.39, 0.29) is 10.9 Å². The first-order chi connectivity index (χ1) is 16.6. The summed E-state index contributed by atoms with van der Waals surface area (Å²) in [6, 6.07) is 10.4. The molecule has 0 saturated carbocycles. The first-order valence-electron chi connectivity index (χ1n) is 11.1.